The number of hydrogen-bond donors (Lipinski definition) is 1. The Labute approximate surface area is 84.8 Å². The van der Waals surface area contributed by atoms with Crippen molar-refractivity contribution in [2.24, 2.45) is 7.05 Å². The van der Waals surface area contributed by atoms with Crippen LogP contribution in [-0.4, -0.2) is 14.7 Å². The third-order valence-electron chi connectivity index (χ3n) is 2.24. The normalized spacial score (nSPS) is 10.1. The number of fused-ring (bicyclic) bond motifs is 1. The van der Waals surface area contributed by atoms with Crippen LogP contribution in [0, 0.1) is 11.3 Å². The molecule has 0 radical (unpaired) electrons. The summed E-state index contributed by atoms with van der Waals surface area (Å²) in [5.41, 5.74) is -0.0330. The maximum Gasteiger partial charge on any atom is 0.272 e. The van der Waals surface area contributed by atoms with Crippen LogP contribution >= 0.6 is 0 Å². The van der Waals surface area contributed by atoms with Gasteiger partial charge in [-0.3, -0.25) is 9.78 Å². The predicted molar refractivity (Wildman–Crippen MR) is 53.4 cm³/mol. The summed E-state index contributed by atoms with van der Waals surface area (Å²) in [6, 6.07) is 4.99. The highest BCUT2D eigenvalue weighted by Gasteiger charge is 2.14. The van der Waals surface area contributed by atoms with E-state index >= 15 is 0 Å². The summed E-state index contributed by atoms with van der Waals surface area (Å²) in [4.78, 5) is 15.5. The topological polar surface area (TPSA) is 78.9 Å². The molecule has 0 unspecified atom stereocenters. The van der Waals surface area contributed by atoms with Gasteiger partial charge in [0.05, 0.1) is 5.52 Å². The van der Waals surface area contributed by atoms with Crippen molar-refractivity contribution in [2.45, 2.75) is 0 Å². The van der Waals surface area contributed by atoms with Gasteiger partial charge in [-0.05, 0) is 12.1 Å². The highest BCUT2D eigenvalue weighted by Crippen LogP contribution is 2.22. The van der Waals surface area contributed by atoms with Gasteiger partial charge in [-0.25, -0.2) is 0 Å². The van der Waals surface area contributed by atoms with Crippen LogP contribution in [0.5, 0.6) is 5.75 Å². The lowest BCUT2D eigenvalue weighted by molar-refractivity contribution is 0.476. The lowest BCUT2D eigenvalue weighted by Gasteiger charge is -2.06. The highest BCUT2D eigenvalue weighted by molar-refractivity contribution is 5.83. The van der Waals surface area contributed by atoms with Gasteiger partial charge in [0.1, 0.15) is 11.6 Å². The fourth-order valence-corrected chi connectivity index (χ4v) is 1.45. The van der Waals surface area contributed by atoms with Crippen LogP contribution in [0.1, 0.15) is 5.56 Å². The predicted octanol–water partition coefficient (Wildman–Crippen LogP) is 0.511. The molecule has 5 heteroatoms. The largest absolute Gasteiger partial charge is 0.504 e. The molecule has 0 saturated heterocycles. The second-order valence-electron chi connectivity index (χ2n) is 3.07. The summed E-state index contributed by atoms with van der Waals surface area (Å²) in [5.74, 6) is -0.351. The second kappa shape index (κ2) is 3.10. The zero-order chi connectivity index (χ0) is 11.0. The van der Waals surface area contributed by atoms with E-state index in [4.69, 9.17) is 5.26 Å². The van der Waals surface area contributed by atoms with Gasteiger partial charge < -0.3 is 9.67 Å². The third-order valence-corrected chi connectivity index (χ3v) is 2.24. The van der Waals surface area contributed by atoms with Crippen molar-refractivity contribution in [3.05, 3.63) is 34.2 Å². The molecule has 0 aromatic carbocycles. The highest BCUT2D eigenvalue weighted by atomic mass is 16.3. The monoisotopic (exact) mass is 201 g/mol. The summed E-state index contributed by atoms with van der Waals surface area (Å²) in [5, 5.41) is 18.4. The van der Waals surface area contributed by atoms with Crippen molar-refractivity contribution < 1.29 is 5.11 Å². The number of hydrogen-bond acceptors (Lipinski definition) is 4. The van der Waals surface area contributed by atoms with E-state index in [9.17, 15) is 9.90 Å². The molecule has 2 aromatic rings. The summed E-state index contributed by atoms with van der Waals surface area (Å²) < 4.78 is 1.29. The molecule has 2 rings (SSSR count). The first kappa shape index (κ1) is 9.21. The average Bonchev–Trinajstić information content (AvgIpc) is 2.27. The molecule has 0 fully saturated rings. The first-order chi connectivity index (χ1) is 7.16. The molecule has 0 aliphatic carbocycles. The summed E-state index contributed by atoms with van der Waals surface area (Å²) >= 11 is 0. The molecular weight excluding hydrogens is 194 g/mol. The van der Waals surface area contributed by atoms with E-state index in [-0.39, 0.29) is 16.8 Å². The molecular formula is C10H7N3O2. The van der Waals surface area contributed by atoms with E-state index in [0.29, 0.717) is 5.52 Å². The van der Waals surface area contributed by atoms with Crippen molar-refractivity contribution in [3.8, 4) is 11.8 Å². The Bertz CT molecular complexity index is 637. The second-order valence-corrected chi connectivity index (χ2v) is 3.07. The van der Waals surface area contributed by atoms with E-state index in [2.05, 4.69) is 4.98 Å². The Balaban J connectivity index is 3.12. The quantitative estimate of drug-likeness (QED) is 0.673. The number of pyridine rings is 2. The summed E-state index contributed by atoms with van der Waals surface area (Å²) in [6.07, 6.45) is 1.49. The van der Waals surface area contributed by atoms with Gasteiger partial charge in [-0.2, -0.15) is 5.26 Å². The van der Waals surface area contributed by atoms with Gasteiger partial charge in [-0.1, -0.05) is 0 Å². The van der Waals surface area contributed by atoms with Crippen molar-refractivity contribution in [3.63, 3.8) is 0 Å². The van der Waals surface area contributed by atoms with Crippen molar-refractivity contribution in [1.82, 2.24) is 9.55 Å². The Kier molecular flexibility index (Phi) is 1.90. The Hall–Kier alpha value is -2.35. The summed E-state index contributed by atoms with van der Waals surface area (Å²) in [7, 11) is 1.53. The minimum Gasteiger partial charge on any atom is -0.504 e. The van der Waals surface area contributed by atoms with E-state index < -0.39 is 5.56 Å². The minimum atomic E-state index is -0.518. The van der Waals surface area contributed by atoms with Gasteiger partial charge in [0.25, 0.3) is 5.56 Å². The number of rotatable bonds is 0. The van der Waals surface area contributed by atoms with Crippen LogP contribution in [0.2, 0.25) is 0 Å². The maximum absolute atomic E-state index is 11.6. The molecule has 0 aliphatic rings. The molecule has 0 bridgehead atoms. The van der Waals surface area contributed by atoms with E-state index in [1.807, 2.05) is 0 Å². The van der Waals surface area contributed by atoms with Crippen LogP contribution in [0.25, 0.3) is 11.0 Å². The standard InChI is InChI=1S/C10H7N3O2/c1-13-7-3-2-4-12-8(7)9(14)6(5-11)10(13)15/h2-4,14H,1H3. The lowest BCUT2D eigenvalue weighted by Crippen LogP contribution is -2.20. The van der Waals surface area contributed by atoms with Crippen LogP contribution < -0.4 is 5.56 Å². The van der Waals surface area contributed by atoms with Crippen molar-refractivity contribution >= 4 is 11.0 Å². The number of aryl methyl sites for hydroxylation is 1. The zero-order valence-corrected chi connectivity index (χ0v) is 7.93. The number of aromatic hydroxyl groups is 1. The third kappa shape index (κ3) is 1.15. The minimum absolute atomic E-state index is 0.260. The number of nitrogens with zero attached hydrogens (tertiary/aromatic N) is 3. The smallest absolute Gasteiger partial charge is 0.272 e. The lowest BCUT2D eigenvalue weighted by atomic mass is 10.2. The summed E-state index contributed by atoms with van der Waals surface area (Å²) in [6.45, 7) is 0. The van der Waals surface area contributed by atoms with Gasteiger partial charge in [-0.15, -0.1) is 0 Å². The number of nitriles is 1. The van der Waals surface area contributed by atoms with Gasteiger partial charge >= 0.3 is 0 Å². The molecule has 1 N–H and O–H groups in total. The Morgan fingerprint density at radius 2 is 2.33 bits per heavy atom. The molecule has 0 aliphatic heterocycles. The molecule has 0 spiro atoms. The van der Waals surface area contributed by atoms with Crippen molar-refractivity contribution in [2.75, 3.05) is 0 Å². The van der Waals surface area contributed by atoms with Crippen molar-refractivity contribution in [1.29, 1.82) is 5.26 Å². The van der Waals surface area contributed by atoms with Crippen LogP contribution in [0.3, 0.4) is 0 Å². The molecule has 2 aromatic heterocycles. The molecule has 0 atom stereocenters. The van der Waals surface area contributed by atoms with Gasteiger partial charge in [0.15, 0.2) is 11.3 Å². The van der Waals surface area contributed by atoms with E-state index in [1.54, 1.807) is 18.2 Å². The molecule has 5 nitrogen and oxygen atoms in total. The molecule has 15 heavy (non-hydrogen) atoms. The first-order valence-electron chi connectivity index (χ1n) is 4.23. The molecule has 0 saturated carbocycles. The maximum atomic E-state index is 11.6. The fourth-order valence-electron chi connectivity index (χ4n) is 1.45. The zero-order valence-electron chi connectivity index (χ0n) is 7.93. The first-order valence-corrected chi connectivity index (χ1v) is 4.23. The van der Waals surface area contributed by atoms with Crippen LogP contribution in [0.15, 0.2) is 23.1 Å². The SMILES string of the molecule is Cn1c(=O)c(C#N)c(O)c2ncccc21. The van der Waals surface area contributed by atoms with Gasteiger partial charge in [0.2, 0.25) is 0 Å². The van der Waals surface area contributed by atoms with Crippen LogP contribution in [0.4, 0.5) is 0 Å². The fraction of sp³-hybridized carbons (Fsp3) is 0.100. The Morgan fingerprint density at radius 1 is 1.60 bits per heavy atom. The van der Waals surface area contributed by atoms with E-state index in [0.717, 1.165) is 0 Å². The molecule has 2 heterocycles. The van der Waals surface area contributed by atoms with Gasteiger partial charge in [0, 0.05) is 13.2 Å². The van der Waals surface area contributed by atoms with Crippen LogP contribution in [-0.2, 0) is 7.05 Å². The number of aromatic nitrogens is 2. The van der Waals surface area contributed by atoms with E-state index in [1.165, 1.54) is 17.8 Å². The Morgan fingerprint density at radius 3 is 3.00 bits per heavy atom. The molecule has 74 valence electrons. The molecule has 0 amide bonds. The average molecular weight is 201 g/mol.